The average Bonchev–Trinajstić information content (AvgIpc) is 2.35. The van der Waals surface area contributed by atoms with Gasteiger partial charge in [-0.3, -0.25) is 4.79 Å². The number of hydrogen-bond donors (Lipinski definition) is 3. The summed E-state index contributed by atoms with van der Waals surface area (Å²) >= 11 is 0. The van der Waals surface area contributed by atoms with Gasteiger partial charge in [0.25, 0.3) is 0 Å². The molecule has 0 aliphatic rings. The van der Waals surface area contributed by atoms with Crippen molar-refractivity contribution in [2.75, 3.05) is 11.9 Å². The van der Waals surface area contributed by atoms with Crippen molar-refractivity contribution in [1.82, 2.24) is 5.32 Å². The van der Waals surface area contributed by atoms with Crippen LogP contribution in [0.25, 0.3) is 0 Å². The molecule has 0 atom stereocenters. The first-order chi connectivity index (χ1) is 9.02. The van der Waals surface area contributed by atoms with Crippen LogP contribution in [0.5, 0.6) is 0 Å². The molecule has 5 nitrogen and oxygen atoms in total. The van der Waals surface area contributed by atoms with Crippen molar-refractivity contribution in [3.8, 4) is 0 Å². The summed E-state index contributed by atoms with van der Waals surface area (Å²) in [5.41, 5.74) is 3.14. The maximum atomic E-state index is 11.6. The first kappa shape index (κ1) is 15.0. The Morgan fingerprint density at radius 2 is 2.05 bits per heavy atom. The Labute approximate surface area is 113 Å². The summed E-state index contributed by atoms with van der Waals surface area (Å²) in [6, 6.07) is 5.47. The summed E-state index contributed by atoms with van der Waals surface area (Å²) < 4.78 is 0. The highest BCUT2D eigenvalue weighted by Gasteiger charge is 2.03. The number of carboxylic acids is 1. The van der Waals surface area contributed by atoms with Gasteiger partial charge in [-0.05, 0) is 43.0 Å². The highest BCUT2D eigenvalue weighted by atomic mass is 16.4. The van der Waals surface area contributed by atoms with E-state index in [1.165, 1.54) is 5.56 Å². The van der Waals surface area contributed by atoms with Crippen molar-refractivity contribution in [1.29, 1.82) is 0 Å². The summed E-state index contributed by atoms with van der Waals surface area (Å²) in [6.07, 6.45) is 1.45. The molecule has 3 N–H and O–H groups in total. The Morgan fingerprint density at radius 3 is 2.63 bits per heavy atom. The highest BCUT2D eigenvalue weighted by molar-refractivity contribution is 5.89. The minimum absolute atomic E-state index is 0.0601. The molecule has 0 radical (unpaired) electrons. The van der Waals surface area contributed by atoms with Crippen LogP contribution in [0.1, 0.15) is 30.9 Å². The number of amides is 2. The predicted molar refractivity (Wildman–Crippen MR) is 74.4 cm³/mol. The SMILES string of the molecule is CCc1ccc(NC(=O)NCCCC(=O)O)cc1C. The third-order valence-electron chi connectivity index (χ3n) is 2.83. The molecule has 1 aromatic carbocycles. The van der Waals surface area contributed by atoms with Crippen molar-refractivity contribution < 1.29 is 14.7 Å². The lowest BCUT2D eigenvalue weighted by Gasteiger charge is -2.09. The average molecular weight is 264 g/mol. The van der Waals surface area contributed by atoms with Gasteiger partial charge < -0.3 is 15.7 Å². The first-order valence-corrected chi connectivity index (χ1v) is 6.39. The number of benzene rings is 1. The third-order valence-corrected chi connectivity index (χ3v) is 2.83. The standard InChI is InChI=1S/C14H20N2O3/c1-3-11-6-7-12(9-10(11)2)16-14(19)15-8-4-5-13(17)18/h6-7,9H,3-5,8H2,1-2H3,(H,17,18)(H2,15,16,19). The van der Waals surface area contributed by atoms with E-state index in [1.54, 1.807) is 0 Å². The fourth-order valence-electron chi connectivity index (χ4n) is 1.79. The molecule has 104 valence electrons. The van der Waals surface area contributed by atoms with Crippen LogP contribution in [0.3, 0.4) is 0 Å². The van der Waals surface area contributed by atoms with E-state index in [-0.39, 0.29) is 12.5 Å². The number of carbonyl (C=O) groups excluding carboxylic acids is 1. The Hall–Kier alpha value is -2.04. The van der Waals surface area contributed by atoms with Crippen molar-refractivity contribution in [3.05, 3.63) is 29.3 Å². The number of aliphatic carboxylic acids is 1. The predicted octanol–water partition coefficient (Wildman–Crippen LogP) is 2.54. The molecule has 0 unspecified atom stereocenters. The molecule has 0 bridgehead atoms. The molecule has 0 aromatic heterocycles. The van der Waals surface area contributed by atoms with Crippen molar-refractivity contribution in [3.63, 3.8) is 0 Å². The van der Waals surface area contributed by atoms with Crippen LogP contribution < -0.4 is 10.6 Å². The number of carbonyl (C=O) groups is 2. The summed E-state index contributed by atoms with van der Waals surface area (Å²) in [5, 5.41) is 13.8. The van der Waals surface area contributed by atoms with Crippen LogP contribution in [0.4, 0.5) is 10.5 Å². The molecular formula is C14H20N2O3. The quantitative estimate of drug-likeness (QED) is 0.691. The second kappa shape index (κ2) is 7.41. The Bertz CT molecular complexity index is 458. The van der Waals surface area contributed by atoms with Gasteiger partial charge in [-0.15, -0.1) is 0 Å². The fourth-order valence-corrected chi connectivity index (χ4v) is 1.79. The van der Waals surface area contributed by atoms with Gasteiger partial charge in [0.1, 0.15) is 0 Å². The third kappa shape index (κ3) is 5.42. The van der Waals surface area contributed by atoms with Gasteiger partial charge in [-0.1, -0.05) is 13.0 Å². The number of carboxylic acid groups (broad SMARTS) is 1. The van der Waals surface area contributed by atoms with E-state index in [2.05, 4.69) is 17.6 Å². The highest BCUT2D eigenvalue weighted by Crippen LogP contribution is 2.15. The molecule has 0 fully saturated rings. The van der Waals surface area contributed by atoms with E-state index in [1.807, 2.05) is 25.1 Å². The van der Waals surface area contributed by atoms with Gasteiger partial charge in [-0.25, -0.2) is 4.79 Å². The molecule has 1 rings (SSSR count). The van der Waals surface area contributed by atoms with Gasteiger partial charge in [0.15, 0.2) is 0 Å². The second-order valence-electron chi connectivity index (χ2n) is 4.37. The summed E-state index contributed by atoms with van der Waals surface area (Å²) in [5.74, 6) is -0.854. The molecular weight excluding hydrogens is 244 g/mol. The Morgan fingerprint density at radius 1 is 1.32 bits per heavy atom. The first-order valence-electron chi connectivity index (χ1n) is 6.39. The fraction of sp³-hybridized carbons (Fsp3) is 0.429. The zero-order valence-electron chi connectivity index (χ0n) is 11.3. The van der Waals surface area contributed by atoms with E-state index in [0.29, 0.717) is 13.0 Å². The van der Waals surface area contributed by atoms with Crippen LogP contribution in [0.15, 0.2) is 18.2 Å². The number of anilines is 1. The Kier molecular flexibility index (Phi) is 5.85. The van der Waals surface area contributed by atoms with Gasteiger partial charge in [0, 0.05) is 18.7 Å². The van der Waals surface area contributed by atoms with E-state index in [0.717, 1.165) is 17.7 Å². The Balaban J connectivity index is 2.40. The maximum absolute atomic E-state index is 11.6. The lowest BCUT2D eigenvalue weighted by molar-refractivity contribution is -0.137. The van der Waals surface area contributed by atoms with Crippen LogP contribution in [0, 0.1) is 6.92 Å². The summed E-state index contributed by atoms with van der Waals surface area (Å²) in [4.78, 5) is 21.9. The number of rotatable bonds is 6. The molecule has 19 heavy (non-hydrogen) atoms. The monoisotopic (exact) mass is 264 g/mol. The topological polar surface area (TPSA) is 78.4 Å². The van der Waals surface area contributed by atoms with Crippen LogP contribution >= 0.6 is 0 Å². The summed E-state index contributed by atoms with van der Waals surface area (Å²) in [7, 11) is 0. The van der Waals surface area contributed by atoms with Crippen LogP contribution in [0.2, 0.25) is 0 Å². The van der Waals surface area contributed by atoms with E-state index >= 15 is 0 Å². The lowest BCUT2D eigenvalue weighted by atomic mass is 10.1. The minimum Gasteiger partial charge on any atom is -0.481 e. The molecule has 0 aliphatic heterocycles. The molecule has 0 saturated carbocycles. The largest absolute Gasteiger partial charge is 0.481 e. The zero-order chi connectivity index (χ0) is 14.3. The molecule has 0 saturated heterocycles. The molecule has 0 spiro atoms. The van der Waals surface area contributed by atoms with Crippen molar-refractivity contribution in [2.45, 2.75) is 33.1 Å². The van der Waals surface area contributed by atoms with Crippen LogP contribution in [-0.4, -0.2) is 23.7 Å². The number of urea groups is 1. The molecule has 2 amide bonds. The van der Waals surface area contributed by atoms with E-state index in [4.69, 9.17) is 5.11 Å². The van der Waals surface area contributed by atoms with Gasteiger partial charge in [-0.2, -0.15) is 0 Å². The molecule has 1 aromatic rings. The summed E-state index contributed by atoms with van der Waals surface area (Å²) in [6.45, 7) is 4.45. The number of aryl methyl sites for hydroxylation is 2. The second-order valence-corrected chi connectivity index (χ2v) is 4.37. The number of hydrogen-bond acceptors (Lipinski definition) is 2. The zero-order valence-corrected chi connectivity index (χ0v) is 11.3. The number of nitrogens with one attached hydrogen (secondary N) is 2. The maximum Gasteiger partial charge on any atom is 0.319 e. The van der Waals surface area contributed by atoms with Crippen molar-refractivity contribution in [2.24, 2.45) is 0 Å². The van der Waals surface area contributed by atoms with E-state index < -0.39 is 5.97 Å². The van der Waals surface area contributed by atoms with Gasteiger partial charge in [0.2, 0.25) is 0 Å². The van der Waals surface area contributed by atoms with Crippen molar-refractivity contribution >= 4 is 17.7 Å². The van der Waals surface area contributed by atoms with Crippen LogP contribution in [-0.2, 0) is 11.2 Å². The normalized spacial score (nSPS) is 10.0. The van der Waals surface area contributed by atoms with E-state index in [9.17, 15) is 9.59 Å². The lowest BCUT2D eigenvalue weighted by Crippen LogP contribution is -2.29. The molecule has 0 heterocycles. The smallest absolute Gasteiger partial charge is 0.319 e. The van der Waals surface area contributed by atoms with Gasteiger partial charge >= 0.3 is 12.0 Å². The van der Waals surface area contributed by atoms with Gasteiger partial charge in [0.05, 0.1) is 0 Å². The minimum atomic E-state index is -0.854. The molecule has 0 aliphatic carbocycles. The molecule has 5 heteroatoms.